The number of hydrogen-bond acceptors (Lipinski definition) is 4. The molecule has 0 aliphatic carbocycles. The largest absolute Gasteiger partial charge is 0.489 e. The molecule has 0 saturated heterocycles. The number of halogens is 2. The second kappa shape index (κ2) is 11.9. The summed E-state index contributed by atoms with van der Waals surface area (Å²) in [6.45, 7) is 1.80. The molecule has 9 heteroatoms. The van der Waals surface area contributed by atoms with Crippen molar-refractivity contribution in [2.75, 3.05) is 10.8 Å². The average molecular weight is 537 g/mol. The van der Waals surface area contributed by atoms with Crippen LogP contribution in [0.15, 0.2) is 102 Å². The minimum Gasteiger partial charge on any atom is -0.489 e. The molecule has 0 saturated carbocycles. The Labute approximate surface area is 220 Å². The summed E-state index contributed by atoms with van der Waals surface area (Å²) in [7, 11) is -4.09. The maximum atomic E-state index is 13.5. The normalized spacial score (nSPS) is 11.1. The number of ether oxygens (including phenoxy) is 1. The maximum absolute atomic E-state index is 13.5. The monoisotopic (exact) mass is 536 g/mol. The van der Waals surface area contributed by atoms with E-state index in [-0.39, 0.29) is 29.6 Å². The van der Waals surface area contributed by atoms with Gasteiger partial charge in [0.25, 0.3) is 10.0 Å². The smallest absolute Gasteiger partial charge is 0.264 e. The zero-order chi connectivity index (χ0) is 27.1. The molecular formula is C29H26F2N2O4S. The molecule has 1 N–H and O–H groups in total. The van der Waals surface area contributed by atoms with E-state index in [0.29, 0.717) is 5.75 Å². The molecule has 4 aromatic carbocycles. The van der Waals surface area contributed by atoms with Gasteiger partial charge < -0.3 is 10.1 Å². The fourth-order valence-corrected chi connectivity index (χ4v) is 5.02. The van der Waals surface area contributed by atoms with Crippen molar-refractivity contribution < 1.29 is 26.7 Å². The molecule has 0 spiro atoms. The van der Waals surface area contributed by atoms with Gasteiger partial charge in [0, 0.05) is 6.54 Å². The second-order valence-electron chi connectivity index (χ2n) is 8.64. The van der Waals surface area contributed by atoms with Crippen LogP contribution in [-0.2, 0) is 28.0 Å². The van der Waals surface area contributed by atoms with Crippen LogP contribution in [0.1, 0.15) is 16.7 Å². The van der Waals surface area contributed by atoms with Crippen molar-refractivity contribution in [2.45, 2.75) is 25.0 Å². The molecule has 0 radical (unpaired) electrons. The van der Waals surface area contributed by atoms with Crippen LogP contribution in [0.25, 0.3) is 0 Å². The third kappa shape index (κ3) is 6.95. The Balaban J connectivity index is 1.40. The van der Waals surface area contributed by atoms with Crippen LogP contribution in [0.4, 0.5) is 14.5 Å². The van der Waals surface area contributed by atoms with E-state index in [9.17, 15) is 22.0 Å². The number of sulfonamides is 1. The molecule has 0 heterocycles. The third-order valence-corrected chi connectivity index (χ3v) is 7.53. The first-order valence-electron chi connectivity index (χ1n) is 11.8. The summed E-state index contributed by atoms with van der Waals surface area (Å²) >= 11 is 0. The number of nitrogens with one attached hydrogen (secondary N) is 1. The molecule has 0 atom stereocenters. The van der Waals surface area contributed by atoms with E-state index in [1.165, 1.54) is 36.4 Å². The van der Waals surface area contributed by atoms with E-state index in [1.54, 1.807) is 48.5 Å². The van der Waals surface area contributed by atoms with Gasteiger partial charge in [-0.1, -0.05) is 42.0 Å². The van der Waals surface area contributed by atoms with Crippen molar-refractivity contribution in [1.82, 2.24) is 5.32 Å². The number of carbonyl (C=O) groups is 1. The van der Waals surface area contributed by atoms with Gasteiger partial charge in [0.2, 0.25) is 5.91 Å². The van der Waals surface area contributed by atoms with Gasteiger partial charge in [-0.15, -0.1) is 0 Å². The Morgan fingerprint density at radius 1 is 0.789 bits per heavy atom. The van der Waals surface area contributed by atoms with Crippen LogP contribution in [-0.4, -0.2) is 20.9 Å². The minimum absolute atomic E-state index is 0.0245. The standard InChI is InChI=1S/C29H26F2N2O4S/c1-21-2-16-28(17-3-21)38(35,36)33(26-12-10-25(31)11-13-26)19-29(34)32-18-22-6-14-27(15-7-22)37-20-23-4-8-24(30)9-5-23/h2-17H,18-20H2,1H3,(H,32,34). The summed E-state index contributed by atoms with van der Waals surface area (Å²) in [5.74, 6) is -0.748. The highest BCUT2D eigenvalue weighted by molar-refractivity contribution is 7.92. The Morgan fingerprint density at radius 3 is 1.95 bits per heavy atom. The summed E-state index contributed by atoms with van der Waals surface area (Å²) in [6, 6.07) is 24.3. The number of amides is 1. The van der Waals surface area contributed by atoms with Crippen LogP contribution in [0.3, 0.4) is 0 Å². The molecule has 0 aromatic heterocycles. The molecule has 0 bridgehead atoms. The van der Waals surface area contributed by atoms with Crippen LogP contribution in [0.2, 0.25) is 0 Å². The summed E-state index contributed by atoms with van der Waals surface area (Å²) in [4.78, 5) is 12.8. The van der Waals surface area contributed by atoms with Gasteiger partial charge in [-0.05, 0) is 78.7 Å². The van der Waals surface area contributed by atoms with E-state index in [4.69, 9.17) is 4.74 Å². The Bertz CT molecular complexity index is 1470. The van der Waals surface area contributed by atoms with Crippen LogP contribution in [0.5, 0.6) is 5.75 Å². The van der Waals surface area contributed by atoms with Crippen molar-refractivity contribution in [3.63, 3.8) is 0 Å². The molecule has 1 amide bonds. The van der Waals surface area contributed by atoms with Crippen LogP contribution in [0, 0.1) is 18.6 Å². The fraction of sp³-hybridized carbons (Fsp3) is 0.138. The van der Waals surface area contributed by atoms with E-state index < -0.39 is 28.3 Å². The third-order valence-electron chi connectivity index (χ3n) is 5.74. The number of benzene rings is 4. The molecule has 4 aromatic rings. The fourth-order valence-electron chi connectivity index (χ4n) is 3.60. The predicted molar refractivity (Wildman–Crippen MR) is 141 cm³/mol. The first-order chi connectivity index (χ1) is 18.2. The average Bonchev–Trinajstić information content (AvgIpc) is 2.91. The molecular weight excluding hydrogens is 510 g/mol. The molecule has 0 fully saturated rings. The van der Waals surface area contributed by atoms with Gasteiger partial charge in [0.1, 0.15) is 30.5 Å². The Hall–Kier alpha value is -4.24. The van der Waals surface area contributed by atoms with Gasteiger partial charge in [-0.2, -0.15) is 0 Å². The zero-order valence-corrected chi connectivity index (χ0v) is 21.4. The number of anilines is 1. The molecule has 0 aliphatic heterocycles. The quantitative estimate of drug-likeness (QED) is 0.296. The molecule has 6 nitrogen and oxygen atoms in total. The van der Waals surface area contributed by atoms with Crippen molar-refractivity contribution in [3.05, 3.63) is 125 Å². The van der Waals surface area contributed by atoms with E-state index in [1.807, 2.05) is 6.92 Å². The Morgan fingerprint density at radius 2 is 1.34 bits per heavy atom. The van der Waals surface area contributed by atoms with E-state index in [2.05, 4.69) is 5.32 Å². The summed E-state index contributed by atoms with van der Waals surface area (Å²) < 4.78 is 59.9. The molecule has 196 valence electrons. The van der Waals surface area contributed by atoms with Gasteiger partial charge in [0.05, 0.1) is 10.6 Å². The second-order valence-corrected chi connectivity index (χ2v) is 10.5. The first-order valence-corrected chi connectivity index (χ1v) is 13.2. The van der Waals surface area contributed by atoms with E-state index >= 15 is 0 Å². The van der Waals surface area contributed by atoms with Gasteiger partial charge in [-0.3, -0.25) is 9.10 Å². The van der Waals surface area contributed by atoms with Crippen molar-refractivity contribution >= 4 is 21.6 Å². The van der Waals surface area contributed by atoms with Gasteiger partial charge in [0.15, 0.2) is 0 Å². The summed E-state index contributed by atoms with van der Waals surface area (Å²) in [5.41, 5.74) is 2.67. The van der Waals surface area contributed by atoms with Crippen LogP contribution < -0.4 is 14.4 Å². The molecule has 0 unspecified atom stereocenters. The van der Waals surface area contributed by atoms with Crippen molar-refractivity contribution in [3.8, 4) is 5.75 Å². The molecule has 4 rings (SSSR count). The van der Waals surface area contributed by atoms with E-state index in [0.717, 1.165) is 33.1 Å². The highest BCUT2D eigenvalue weighted by atomic mass is 32.2. The number of rotatable bonds is 10. The highest BCUT2D eigenvalue weighted by Gasteiger charge is 2.27. The number of nitrogens with zero attached hydrogens (tertiary/aromatic N) is 1. The minimum atomic E-state index is -4.09. The molecule has 0 aliphatic rings. The number of aryl methyl sites for hydroxylation is 1. The van der Waals surface area contributed by atoms with Crippen molar-refractivity contribution in [1.29, 1.82) is 0 Å². The lowest BCUT2D eigenvalue weighted by Crippen LogP contribution is -2.40. The van der Waals surface area contributed by atoms with Gasteiger partial charge in [-0.25, -0.2) is 17.2 Å². The number of hydrogen-bond donors (Lipinski definition) is 1. The number of carbonyl (C=O) groups excluding carboxylic acids is 1. The molecule has 38 heavy (non-hydrogen) atoms. The first kappa shape index (κ1) is 26.8. The summed E-state index contributed by atoms with van der Waals surface area (Å²) in [6.07, 6.45) is 0. The van der Waals surface area contributed by atoms with Gasteiger partial charge >= 0.3 is 0 Å². The maximum Gasteiger partial charge on any atom is 0.264 e. The topological polar surface area (TPSA) is 75.7 Å². The summed E-state index contributed by atoms with van der Waals surface area (Å²) in [5, 5.41) is 2.73. The highest BCUT2D eigenvalue weighted by Crippen LogP contribution is 2.24. The SMILES string of the molecule is Cc1ccc(S(=O)(=O)N(CC(=O)NCc2ccc(OCc3ccc(F)cc3)cc2)c2ccc(F)cc2)cc1. The van der Waals surface area contributed by atoms with Crippen LogP contribution >= 0.6 is 0 Å². The lowest BCUT2D eigenvalue weighted by molar-refractivity contribution is -0.119. The lowest BCUT2D eigenvalue weighted by Gasteiger charge is -2.24. The Kier molecular flexibility index (Phi) is 8.38. The lowest BCUT2D eigenvalue weighted by atomic mass is 10.2. The van der Waals surface area contributed by atoms with Crippen molar-refractivity contribution in [2.24, 2.45) is 0 Å². The predicted octanol–water partition coefficient (Wildman–Crippen LogP) is 5.36. The zero-order valence-electron chi connectivity index (χ0n) is 20.6.